The predicted molar refractivity (Wildman–Crippen MR) is 56.0 cm³/mol. The highest BCUT2D eigenvalue weighted by molar-refractivity contribution is 7.13. The zero-order chi connectivity index (χ0) is 10.1. The van der Waals surface area contributed by atoms with Gasteiger partial charge in [0.15, 0.2) is 5.69 Å². The predicted octanol–water partition coefficient (Wildman–Crippen LogP) is 2.33. The fourth-order valence-electron chi connectivity index (χ4n) is 1.37. The zero-order valence-electron chi connectivity index (χ0n) is 7.98. The van der Waals surface area contributed by atoms with Crippen LogP contribution in [0, 0.1) is 18.3 Å². The summed E-state index contributed by atoms with van der Waals surface area (Å²) >= 11 is 1.67. The fourth-order valence-corrected chi connectivity index (χ4v) is 2.34. The van der Waals surface area contributed by atoms with Crippen molar-refractivity contribution in [3.8, 4) is 16.6 Å². The number of rotatable bonds is 1. The monoisotopic (exact) mass is 203 g/mol. The minimum Gasteiger partial charge on any atom is -0.266 e. The van der Waals surface area contributed by atoms with Gasteiger partial charge in [0, 0.05) is 13.1 Å². The lowest BCUT2D eigenvalue weighted by Gasteiger charge is -1.98. The maximum absolute atomic E-state index is 8.72. The highest BCUT2D eigenvalue weighted by Crippen LogP contribution is 2.28. The van der Waals surface area contributed by atoms with Gasteiger partial charge in [-0.25, -0.2) is 0 Å². The molecule has 0 unspecified atom stereocenters. The first-order valence-electron chi connectivity index (χ1n) is 4.21. The Balaban J connectivity index is 2.58. The molecule has 0 aliphatic heterocycles. The lowest BCUT2D eigenvalue weighted by Crippen LogP contribution is -1.93. The largest absolute Gasteiger partial charge is 0.266 e. The number of thiophene rings is 1. The normalized spacial score (nSPS) is 10.1. The molecule has 0 N–H and O–H groups in total. The Bertz CT molecular complexity index is 502. The minimum absolute atomic E-state index is 0.468. The average Bonchev–Trinajstić information content (AvgIpc) is 2.72. The first-order valence-corrected chi connectivity index (χ1v) is 5.09. The molecule has 0 saturated heterocycles. The van der Waals surface area contributed by atoms with Crippen LogP contribution < -0.4 is 0 Å². The summed E-state index contributed by atoms with van der Waals surface area (Å²) in [5, 5.41) is 14.9. The van der Waals surface area contributed by atoms with Gasteiger partial charge in [-0.15, -0.1) is 11.3 Å². The van der Waals surface area contributed by atoms with Crippen LogP contribution in [0.1, 0.15) is 11.3 Å². The Morgan fingerprint density at radius 2 is 2.36 bits per heavy atom. The van der Waals surface area contributed by atoms with Crippen LogP contribution in [0.5, 0.6) is 0 Å². The maximum Gasteiger partial charge on any atom is 0.163 e. The Kier molecular flexibility index (Phi) is 2.10. The van der Waals surface area contributed by atoms with Crippen molar-refractivity contribution in [1.29, 1.82) is 5.26 Å². The molecule has 2 rings (SSSR count). The molecule has 2 aromatic heterocycles. The van der Waals surface area contributed by atoms with E-state index in [0.29, 0.717) is 5.69 Å². The molecule has 0 aromatic carbocycles. The topological polar surface area (TPSA) is 41.6 Å². The summed E-state index contributed by atoms with van der Waals surface area (Å²) in [5.41, 5.74) is 2.70. The second-order valence-corrected chi connectivity index (χ2v) is 4.00. The van der Waals surface area contributed by atoms with Crippen molar-refractivity contribution in [3.63, 3.8) is 0 Å². The molecule has 0 radical (unpaired) electrons. The van der Waals surface area contributed by atoms with E-state index < -0.39 is 0 Å². The van der Waals surface area contributed by atoms with Crippen LogP contribution in [0.2, 0.25) is 0 Å². The van der Waals surface area contributed by atoms with E-state index in [9.17, 15) is 0 Å². The van der Waals surface area contributed by atoms with E-state index in [-0.39, 0.29) is 0 Å². The van der Waals surface area contributed by atoms with Crippen molar-refractivity contribution in [1.82, 2.24) is 9.78 Å². The summed E-state index contributed by atoms with van der Waals surface area (Å²) in [4.78, 5) is 1.18. The van der Waals surface area contributed by atoms with Gasteiger partial charge in [-0.1, -0.05) is 0 Å². The molecule has 14 heavy (non-hydrogen) atoms. The van der Waals surface area contributed by atoms with Crippen LogP contribution in [0.25, 0.3) is 10.6 Å². The number of aromatic nitrogens is 2. The van der Waals surface area contributed by atoms with Crippen LogP contribution in [-0.2, 0) is 7.05 Å². The third-order valence-corrected chi connectivity index (χ3v) is 3.13. The Morgan fingerprint density at radius 3 is 2.86 bits per heavy atom. The van der Waals surface area contributed by atoms with Crippen molar-refractivity contribution in [2.45, 2.75) is 6.92 Å². The minimum atomic E-state index is 0.468. The summed E-state index contributed by atoms with van der Waals surface area (Å²) in [6.07, 6.45) is 0. The molecular formula is C10H9N3S. The molecule has 0 atom stereocenters. The molecule has 0 aliphatic carbocycles. The van der Waals surface area contributed by atoms with E-state index in [1.165, 1.54) is 10.4 Å². The summed E-state index contributed by atoms with van der Waals surface area (Å²) in [6.45, 7) is 2.06. The van der Waals surface area contributed by atoms with E-state index in [2.05, 4.69) is 18.1 Å². The van der Waals surface area contributed by atoms with Crippen molar-refractivity contribution < 1.29 is 0 Å². The van der Waals surface area contributed by atoms with Gasteiger partial charge in [-0.05, 0) is 23.9 Å². The standard InChI is InChI=1S/C10H9N3S/c1-7-3-4-14-10(7)9-5-8(6-11)12-13(9)2/h3-5H,1-2H3. The third-order valence-electron chi connectivity index (χ3n) is 2.09. The van der Waals surface area contributed by atoms with E-state index in [0.717, 1.165) is 5.69 Å². The van der Waals surface area contributed by atoms with Gasteiger partial charge in [-0.3, -0.25) is 4.68 Å². The molecule has 0 saturated carbocycles. The SMILES string of the molecule is Cc1ccsc1-c1cc(C#N)nn1C. The van der Waals surface area contributed by atoms with Crippen LogP contribution in [0.3, 0.4) is 0 Å². The van der Waals surface area contributed by atoms with Gasteiger partial charge in [0.25, 0.3) is 0 Å². The molecular weight excluding hydrogens is 194 g/mol. The number of hydrogen-bond donors (Lipinski definition) is 0. The highest BCUT2D eigenvalue weighted by atomic mass is 32.1. The summed E-state index contributed by atoms with van der Waals surface area (Å²) in [5.74, 6) is 0. The van der Waals surface area contributed by atoms with Gasteiger partial charge >= 0.3 is 0 Å². The molecule has 2 heterocycles. The van der Waals surface area contributed by atoms with E-state index in [1.807, 2.05) is 24.6 Å². The maximum atomic E-state index is 8.72. The molecule has 2 aromatic rings. The van der Waals surface area contributed by atoms with E-state index in [4.69, 9.17) is 5.26 Å². The smallest absolute Gasteiger partial charge is 0.163 e. The molecule has 0 spiro atoms. The Labute approximate surface area is 86.2 Å². The number of nitriles is 1. The van der Waals surface area contributed by atoms with Crippen molar-refractivity contribution in [3.05, 3.63) is 28.8 Å². The quantitative estimate of drug-likeness (QED) is 0.713. The second kappa shape index (κ2) is 3.28. The number of nitrogens with zero attached hydrogens (tertiary/aromatic N) is 3. The van der Waals surface area contributed by atoms with E-state index in [1.54, 1.807) is 16.0 Å². The van der Waals surface area contributed by atoms with Gasteiger partial charge in [0.2, 0.25) is 0 Å². The fraction of sp³-hybridized carbons (Fsp3) is 0.200. The zero-order valence-corrected chi connectivity index (χ0v) is 8.80. The van der Waals surface area contributed by atoms with Gasteiger partial charge < -0.3 is 0 Å². The molecule has 0 aliphatic rings. The molecule has 0 bridgehead atoms. The first-order chi connectivity index (χ1) is 6.72. The highest BCUT2D eigenvalue weighted by Gasteiger charge is 2.09. The van der Waals surface area contributed by atoms with E-state index >= 15 is 0 Å². The second-order valence-electron chi connectivity index (χ2n) is 3.08. The van der Waals surface area contributed by atoms with Crippen molar-refractivity contribution in [2.24, 2.45) is 7.05 Å². The van der Waals surface area contributed by atoms with Crippen molar-refractivity contribution >= 4 is 11.3 Å². The van der Waals surface area contributed by atoms with Crippen LogP contribution in [0.15, 0.2) is 17.5 Å². The van der Waals surface area contributed by atoms with Gasteiger partial charge in [0.05, 0.1) is 10.6 Å². The number of aryl methyl sites for hydroxylation is 2. The van der Waals surface area contributed by atoms with Crippen LogP contribution in [-0.4, -0.2) is 9.78 Å². The van der Waals surface area contributed by atoms with Gasteiger partial charge in [0.1, 0.15) is 6.07 Å². The summed E-state index contributed by atoms with van der Waals surface area (Å²) in [6, 6.07) is 5.93. The summed E-state index contributed by atoms with van der Waals surface area (Å²) in [7, 11) is 1.86. The lowest BCUT2D eigenvalue weighted by molar-refractivity contribution is 0.772. The first kappa shape index (κ1) is 8.97. The molecule has 70 valence electrons. The Hall–Kier alpha value is -1.60. The van der Waals surface area contributed by atoms with Crippen LogP contribution in [0.4, 0.5) is 0 Å². The lowest BCUT2D eigenvalue weighted by atomic mass is 10.2. The Morgan fingerprint density at radius 1 is 1.57 bits per heavy atom. The summed E-state index contributed by atoms with van der Waals surface area (Å²) < 4.78 is 1.75. The molecule has 4 heteroatoms. The molecule has 3 nitrogen and oxygen atoms in total. The third kappa shape index (κ3) is 1.32. The number of hydrogen-bond acceptors (Lipinski definition) is 3. The average molecular weight is 203 g/mol. The van der Waals surface area contributed by atoms with Crippen LogP contribution >= 0.6 is 11.3 Å². The molecule has 0 amide bonds. The van der Waals surface area contributed by atoms with Crippen molar-refractivity contribution in [2.75, 3.05) is 0 Å². The molecule has 0 fully saturated rings. The van der Waals surface area contributed by atoms with Gasteiger partial charge in [-0.2, -0.15) is 10.4 Å².